The predicted molar refractivity (Wildman–Crippen MR) is 53.1 cm³/mol. The van der Waals surface area contributed by atoms with Crippen LogP contribution in [0.1, 0.15) is 0 Å². The summed E-state index contributed by atoms with van der Waals surface area (Å²) in [6, 6.07) is 0. The van der Waals surface area contributed by atoms with Gasteiger partial charge in [-0.05, 0) is 12.3 Å². The minimum atomic E-state index is -5.08. The summed E-state index contributed by atoms with van der Waals surface area (Å²) in [4.78, 5) is 29.8. The van der Waals surface area contributed by atoms with E-state index in [1.807, 2.05) is 0 Å². The number of carboxylic acid groups (broad SMARTS) is 3. The molecule has 4 N–H and O–H groups in total. The van der Waals surface area contributed by atoms with Gasteiger partial charge in [0.15, 0.2) is 0 Å². The Labute approximate surface area is 103 Å². The molecule has 0 radical (unpaired) electrons. The summed E-state index contributed by atoms with van der Waals surface area (Å²) < 4.78 is 31.7. The first-order valence-corrected chi connectivity index (χ1v) is 4.47. The van der Waals surface area contributed by atoms with E-state index in [0.717, 1.165) is 0 Å². The normalized spacial score (nSPS) is 14.1. The Balaban J connectivity index is 0.000000399. The lowest BCUT2D eigenvalue weighted by Gasteiger charge is -2.10. The second kappa shape index (κ2) is 6.42. The Hall–Kier alpha value is -2.52. The lowest BCUT2D eigenvalue weighted by molar-refractivity contribution is -0.192. The van der Waals surface area contributed by atoms with Gasteiger partial charge in [0.1, 0.15) is 0 Å². The smallest absolute Gasteiger partial charge is 0.478 e. The van der Waals surface area contributed by atoms with Crippen LogP contribution in [0.15, 0.2) is 23.4 Å². The van der Waals surface area contributed by atoms with Crippen molar-refractivity contribution in [1.82, 2.24) is 5.32 Å². The van der Waals surface area contributed by atoms with Crippen LogP contribution in [0.25, 0.3) is 0 Å². The van der Waals surface area contributed by atoms with Crippen molar-refractivity contribution in [2.24, 2.45) is 0 Å². The summed E-state index contributed by atoms with van der Waals surface area (Å²) in [7, 11) is 0. The van der Waals surface area contributed by atoms with Gasteiger partial charge in [-0.2, -0.15) is 13.2 Å². The molecule has 0 aromatic rings. The number of dihydropyridines is 1. The van der Waals surface area contributed by atoms with Crippen LogP contribution in [0.4, 0.5) is 13.2 Å². The standard InChI is InChI=1S/C7H7NO4.C2HF3O2/c9-6(10)4-1-2-8-3-5(4)7(11)12;3-2(4,5)1(6)7/h1-2,8H,3H2,(H,9,10)(H,11,12);(H,6,7). The van der Waals surface area contributed by atoms with Gasteiger partial charge in [0.05, 0.1) is 11.1 Å². The Kier molecular flexibility index (Phi) is 5.57. The van der Waals surface area contributed by atoms with E-state index in [1.54, 1.807) is 0 Å². The average Bonchev–Trinajstić information content (AvgIpc) is 2.28. The van der Waals surface area contributed by atoms with Crippen molar-refractivity contribution in [1.29, 1.82) is 0 Å². The Morgan fingerprint density at radius 3 is 1.84 bits per heavy atom. The Morgan fingerprint density at radius 1 is 1.11 bits per heavy atom. The summed E-state index contributed by atoms with van der Waals surface area (Å²) >= 11 is 0. The van der Waals surface area contributed by atoms with E-state index in [9.17, 15) is 22.8 Å². The van der Waals surface area contributed by atoms with Crippen LogP contribution in [0, 0.1) is 0 Å². The monoisotopic (exact) mass is 283 g/mol. The number of alkyl halides is 3. The number of aliphatic carboxylic acids is 3. The molecule has 0 saturated heterocycles. The summed E-state index contributed by atoms with van der Waals surface area (Å²) in [6.07, 6.45) is -2.44. The van der Waals surface area contributed by atoms with Crippen LogP contribution in [-0.4, -0.2) is 45.9 Å². The number of rotatable bonds is 2. The lowest BCUT2D eigenvalue weighted by atomic mass is 10.1. The number of halogens is 3. The molecule has 1 rings (SSSR count). The molecule has 10 heteroatoms. The van der Waals surface area contributed by atoms with Gasteiger partial charge in [0.25, 0.3) is 0 Å². The maximum Gasteiger partial charge on any atom is 0.490 e. The minimum Gasteiger partial charge on any atom is -0.478 e. The highest BCUT2D eigenvalue weighted by atomic mass is 19.4. The molecule has 0 amide bonds. The third-order valence-corrected chi connectivity index (χ3v) is 1.70. The average molecular weight is 283 g/mol. The maximum atomic E-state index is 10.6. The fraction of sp³-hybridized carbons (Fsp3) is 0.222. The van der Waals surface area contributed by atoms with Crippen molar-refractivity contribution in [3.8, 4) is 0 Å². The fourth-order valence-electron chi connectivity index (χ4n) is 0.890. The van der Waals surface area contributed by atoms with E-state index >= 15 is 0 Å². The zero-order valence-electron chi connectivity index (χ0n) is 9.06. The molecule has 0 atom stereocenters. The zero-order valence-corrected chi connectivity index (χ0v) is 9.06. The van der Waals surface area contributed by atoms with Crippen molar-refractivity contribution in [3.63, 3.8) is 0 Å². The molecule has 0 bridgehead atoms. The molecule has 19 heavy (non-hydrogen) atoms. The highest BCUT2D eigenvalue weighted by Gasteiger charge is 2.38. The van der Waals surface area contributed by atoms with Crippen LogP contribution in [0.2, 0.25) is 0 Å². The van der Waals surface area contributed by atoms with Crippen LogP contribution >= 0.6 is 0 Å². The third kappa shape index (κ3) is 5.57. The van der Waals surface area contributed by atoms with Gasteiger partial charge in [-0.1, -0.05) is 0 Å². The van der Waals surface area contributed by atoms with E-state index in [2.05, 4.69) is 5.32 Å². The molecule has 0 aliphatic carbocycles. The van der Waals surface area contributed by atoms with E-state index < -0.39 is 24.1 Å². The predicted octanol–water partition coefficient (Wildman–Crippen LogP) is 0.202. The molecule has 106 valence electrons. The number of hydrogen-bond donors (Lipinski definition) is 4. The lowest BCUT2D eigenvalue weighted by Crippen LogP contribution is -2.23. The molecule has 0 aromatic heterocycles. The van der Waals surface area contributed by atoms with Gasteiger partial charge in [0, 0.05) is 6.54 Å². The molecule has 0 aromatic carbocycles. The van der Waals surface area contributed by atoms with Crippen molar-refractivity contribution < 1.29 is 42.9 Å². The Morgan fingerprint density at radius 2 is 1.58 bits per heavy atom. The van der Waals surface area contributed by atoms with Crippen LogP contribution in [0.5, 0.6) is 0 Å². The SMILES string of the molecule is O=C(O)C(F)(F)F.O=C(O)C1=C(C(=O)O)CNC=C1. The van der Waals surface area contributed by atoms with Crippen LogP contribution in [-0.2, 0) is 14.4 Å². The molecule has 0 saturated carbocycles. The van der Waals surface area contributed by atoms with E-state index in [-0.39, 0.29) is 17.7 Å². The summed E-state index contributed by atoms with van der Waals surface area (Å²) in [5.74, 6) is -5.18. The molecule has 7 nitrogen and oxygen atoms in total. The van der Waals surface area contributed by atoms with Gasteiger partial charge in [0.2, 0.25) is 0 Å². The van der Waals surface area contributed by atoms with Gasteiger partial charge < -0.3 is 20.6 Å². The zero-order chi connectivity index (χ0) is 15.2. The molecule has 0 fully saturated rings. The topological polar surface area (TPSA) is 124 Å². The van der Waals surface area contributed by atoms with Crippen molar-refractivity contribution in [3.05, 3.63) is 23.4 Å². The summed E-state index contributed by atoms with van der Waals surface area (Å²) in [5, 5.41) is 26.9. The highest BCUT2D eigenvalue weighted by Crippen LogP contribution is 2.13. The molecule has 0 spiro atoms. The van der Waals surface area contributed by atoms with E-state index in [4.69, 9.17) is 20.1 Å². The van der Waals surface area contributed by atoms with Crippen molar-refractivity contribution in [2.75, 3.05) is 6.54 Å². The molecule has 1 aliphatic heterocycles. The molecular weight excluding hydrogens is 275 g/mol. The second-order valence-corrected chi connectivity index (χ2v) is 3.02. The van der Waals surface area contributed by atoms with E-state index in [1.165, 1.54) is 12.3 Å². The second-order valence-electron chi connectivity index (χ2n) is 3.02. The summed E-state index contributed by atoms with van der Waals surface area (Å²) in [6.45, 7) is 0.0491. The maximum absolute atomic E-state index is 10.6. The van der Waals surface area contributed by atoms with E-state index in [0.29, 0.717) is 0 Å². The quantitative estimate of drug-likeness (QED) is 0.570. The van der Waals surface area contributed by atoms with Crippen molar-refractivity contribution in [2.45, 2.75) is 6.18 Å². The van der Waals surface area contributed by atoms with Gasteiger partial charge in [-0.3, -0.25) is 0 Å². The molecular formula is C9H8F3NO6. The number of carboxylic acids is 3. The largest absolute Gasteiger partial charge is 0.490 e. The fourth-order valence-corrected chi connectivity index (χ4v) is 0.890. The molecule has 1 heterocycles. The van der Waals surface area contributed by atoms with Gasteiger partial charge in [-0.15, -0.1) is 0 Å². The minimum absolute atomic E-state index is 0.0491. The number of hydrogen-bond acceptors (Lipinski definition) is 4. The summed E-state index contributed by atoms with van der Waals surface area (Å²) in [5.41, 5.74) is -0.286. The van der Waals surface area contributed by atoms with Gasteiger partial charge in [-0.25, -0.2) is 14.4 Å². The Bertz CT molecular complexity index is 451. The first-order valence-electron chi connectivity index (χ1n) is 4.47. The number of nitrogens with one attached hydrogen (secondary N) is 1. The first-order chi connectivity index (χ1) is 8.57. The third-order valence-electron chi connectivity index (χ3n) is 1.70. The highest BCUT2D eigenvalue weighted by molar-refractivity contribution is 6.01. The van der Waals surface area contributed by atoms with Gasteiger partial charge >= 0.3 is 24.1 Å². The number of carbonyl (C=O) groups is 3. The van der Waals surface area contributed by atoms with Crippen LogP contribution < -0.4 is 5.32 Å². The molecule has 0 unspecified atom stereocenters. The first kappa shape index (κ1) is 16.5. The van der Waals surface area contributed by atoms with Crippen molar-refractivity contribution >= 4 is 17.9 Å². The van der Waals surface area contributed by atoms with Crippen LogP contribution in [0.3, 0.4) is 0 Å². The molecule has 1 aliphatic rings.